The van der Waals surface area contributed by atoms with E-state index in [1.807, 2.05) is 19.1 Å². The van der Waals surface area contributed by atoms with Gasteiger partial charge in [0.25, 0.3) is 5.91 Å². The Morgan fingerprint density at radius 3 is 3.00 bits per heavy atom. The molecule has 0 bridgehead atoms. The highest BCUT2D eigenvalue weighted by atomic mass is 16.5. The fraction of sp³-hybridized carbons (Fsp3) is 0.278. The van der Waals surface area contributed by atoms with Gasteiger partial charge in [-0.2, -0.15) is 0 Å². The van der Waals surface area contributed by atoms with E-state index in [1.54, 1.807) is 30.5 Å². The molecule has 2 amide bonds. The summed E-state index contributed by atoms with van der Waals surface area (Å²) < 4.78 is 11.0. The van der Waals surface area contributed by atoms with Crippen LogP contribution in [0.15, 0.2) is 42.6 Å². The Labute approximate surface area is 145 Å². The van der Waals surface area contributed by atoms with Crippen LogP contribution in [0.1, 0.15) is 13.3 Å². The lowest BCUT2D eigenvalue weighted by Crippen LogP contribution is -2.44. The predicted octanol–water partition coefficient (Wildman–Crippen LogP) is 2.23. The first kappa shape index (κ1) is 16.8. The largest absolute Gasteiger partial charge is 0.491 e. The molecule has 1 aromatic heterocycles. The maximum Gasteiger partial charge on any atom is 0.266 e. The van der Waals surface area contributed by atoms with E-state index in [1.165, 1.54) is 4.90 Å². The molecule has 2 aromatic rings. The van der Waals surface area contributed by atoms with E-state index in [4.69, 9.17) is 9.47 Å². The van der Waals surface area contributed by atoms with Crippen LogP contribution in [-0.4, -0.2) is 36.6 Å². The van der Waals surface area contributed by atoms with Gasteiger partial charge >= 0.3 is 0 Å². The fourth-order valence-electron chi connectivity index (χ4n) is 2.44. The number of nitrogens with one attached hydrogen (secondary N) is 1. The monoisotopic (exact) mass is 341 g/mol. The highest BCUT2D eigenvalue weighted by molar-refractivity contribution is 6.04. The number of benzene rings is 1. The molecule has 1 aliphatic rings. The Hall–Kier alpha value is -3.09. The summed E-state index contributed by atoms with van der Waals surface area (Å²) in [6.07, 6.45) is 2.42. The summed E-state index contributed by atoms with van der Waals surface area (Å²) in [6.45, 7) is 2.32. The quantitative estimate of drug-likeness (QED) is 0.871. The summed E-state index contributed by atoms with van der Waals surface area (Å²) in [5.74, 6) is 0.798. The van der Waals surface area contributed by atoms with Crippen molar-refractivity contribution in [3.63, 3.8) is 0 Å². The molecule has 3 rings (SSSR count). The van der Waals surface area contributed by atoms with Gasteiger partial charge < -0.3 is 14.8 Å². The first-order chi connectivity index (χ1) is 12.2. The molecule has 0 radical (unpaired) electrons. The van der Waals surface area contributed by atoms with Crippen LogP contribution in [0.3, 0.4) is 0 Å². The van der Waals surface area contributed by atoms with Crippen molar-refractivity contribution in [2.45, 2.75) is 13.3 Å². The zero-order valence-corrected chi connectivity index (χ0v) is 13.9. The minimum atomic E-state index is -0.334. The van der Waals surface area contributed by atoms with Crippen molar-refractivity contribution in [1.82, 2.24) is 4.98 Å². The van der Waals surface area contributed by atoms with Gasteiger partial charge in [-0.25, -0.2) is 4.98 Å². The molecular formula is C18H19N3O4. The van der Waals surface area contributed by atoms with E-state index in [0.29, 0.717) is 29.6 Å². The van der Waals surface area contributed by atoms with Crippen molar-refractivity contribution in [2.75, 3.05) is 30.0 Å². The lowest BCUT2D eigenvalue weighted by Gasteiger charge is -2.27. The maximum absolute atomic E-state index is 12.4. The number of anilines is 2. The van der Waals surface area contributed by atoms with Crippen molar-refractivity contribution >= 4 is 23.3 Å². The molecular weight excluding hydrogens is 322 g/mol. The highest BCUT2D eigenvalue weighted by Gasteiger charge is 2.28. The summed E-state index contributed by atoms with van der Waals surface area (Å²) in [6, 6.07) is 10.6. The highest BCUT2D eigenvalue weighted by Crippen LogP contribution is 2.29. The van der Waals surface area contributed by atoms with Crippen LogP contribution in [0, 0.1) is 0 Å². The second-order valence-corrected chi connectivity index (χ2v) is 5.49. The Bertz CT molecular complexity index is 778. The van der Waals surface area contributed by atoms with Crippen LogP contribution in [0.25, 0.3) is 0 Å². The first-order valence-corrected chi connectivity index (χ1v) is 8.09. The van der Waals surface area contributed by atoms with Gasteiger partial charge in [0.15, 0.2) is 18.2 Å². The molecule has 25 heavy (non-hydrogen) atoms. The average molecular weight is 341 g/mol. The van der Waals surface area contributed by atoms with Gasteiger partial charge in [-0.15, -0.1) is 0 Å². The number of amides is 2. The smallest absolute Gasteiger partial charge is 0.266 e. The molecule has 0 aliphatic carbocycles. The minimum Gasteiger partial charge on any atom is -0.491 e. The number of carbonyl (C=O) groups excluding carboxylic acids is 2. The van der Waals surface area contributed by atoms with E-state index in [0.717, 1.165) is 6.42 Å². The van der Waals surface area contributed by atoms with Crippen molar-refractivity contribution < 1.29 is 19.1 Å². The van der Waals surface area contributed by atoms with Gasteiger partial charge in [-0.1, -0.05) is 19.1 Å². The molecule has 0 unspecified atom stereocenters. The number of hydrogen-bond acceptors (Lipinski definition) is 5. The van der Waals surface area contributed by atoms with Crippen molar-refractivity contribution in [3.05, 3.63) is 42.6 Å². The average Bonchev–Trinajstić information content (AvgIpc) is 2.63. The number of ether oxygens (including phenoxy) is 2. The molecule has 1 N–H and O–H groups in total. The fourth-order valence-corrected chi connectivity index (χ4v) is 2.44. The second kappa shape index (κ2) is 7.65. The van der Waals surface area contributed by atoms with E-state index >= 15 is 0 Å². The van der Waals surface area contributed by atoms with Crippen LogP contribution in [0.2, 0.25) is 0 Å². The van der Waals surface area contributed by atoms with Gasteiger partial charge in [-0.05, 0) is 30.7 Å². The lowest BCUT2D eigenvalue weighted by molar-refractivity contribution is -0.123. The van der Waals surface area contributed by atoms with E-state index in [2.05, 4.69) is 10.3 Å². The maximum atomic E-state index is 12.4. The first-order valence-electron chi connectivity index (χ1n) is 8.09. The lowest BCUT2D eigenvalue weighted by atomic mass is 10.2. The minimum absolute atomic E-state index is 0.109. The predicted molar refractivity (Wildman–Crippen MR) is 92.9 cm³/mol. The third-order valence-electron chi connectivity index (χ3n) is 3.58. The van der Waals surface area contributed by atoms with Crippen LogP contribution in [-0.2, 0) is 9.59 Å². The molecule has 130 valence electrons. The molecule has 1 aromatic carbocycles. The Morgan fingerprint density at radius 2 is 2.16 bits per heavy atom. The third kappa shape index (κ3) is 3.88. The van der Waals surface area contributed by atoms with Crippen LogP contribution >= 0.6 is 0 Å². The summed E-state index contributed by atoms with van der Waals surface area (Å²) in [5.41, 5.74) is 0.572. The molecule has 1 aliphatic heterocycles. The standard InChI is InChI=1S/C18H19N3O4/c1-2-10-24-14-7-4-3-6-13(14)20-16(22)11-21-17(23)12-25-15-8-5-9-19-18(15)21/h3-9H,2,10-12H2,1H3,(H,20,22). The topological polar surface area (TPSA) is 80.8 Å². The molecule has 7 nitrogen and oxygen atoms in total. The number of aromatic nitrogens is 1. The Morgan fingerprint density at radius 1 is 1.32 bits per heavy atom. The van der Waals surface area contributed by atoms with Crippen molar-refractivity contribution in [1.29, 1.82) is 0 Å². The molecule has 0 saturated heterocycles. The molecule has 0 saturated carbocycles. The molecule has 7 heteroatoms. The number of fused-ring (bicyclic) bond motifs is 1. The SMILES string of the molecule is CCCOc1ccccc1NC(=O)CN1C(=O)COc2cccnc21. The van der Waals surface area contributed by atoms with Crippen molar-refractivity contribution in [3.8, 4) is 11.5 Å². The van der Waals surface area contributed by atoms with Crippen LogP contribution < -0.4 is 19.7 Å². The summed E-state index contributed by atoms with van der Waals surface area (Å²) in [5, 5.41) is 2.79. The van der Waals surface area contributed by atoms with E-state index in [9.17, 15) is 9.59 Å². The molecule has 0 atom stereocenters. The van der Waals surface area contributed by atoms with Gasteiger partial charge in [0.1, 0.15) is 12.3 Å². The number of nitrogens with zero attached hydrogens (tertiary/aromatic N) is 2. The third-order valence-corrected chi connectivity index (χ3v) is 3.58. The number of carbonyl (C=O) groups is 2. The zero-order valence-electron chi connectivity index (χ0n) is 13.9. The summed E-state index contributed by atoms with van der Waals surface area (Å²) >= 11 is 0. The van der Waals surface area contributed by atoms with Crippen molar-refractivity contribution in [2.24, 2.45) is 0 Å². The Balaban J connectivity index is 1.72. The summed E-state index contributed by atoms with van der Waals surface area (Å²) in [4.78, 5) is 30.0. The zero-order chi connectivity index (χ0) is 17.6. The number of pyridine rings is 1. The van der Waals surface area contributed by atoms with Crippen LogP contribution in [0.5, 0.6) is 11.5 Å². The second-order valence-electron chi connectivity index (χ2n) is 5.49. The van der Waals surface area contributed by atoms with E-state index in [-0.39, 0.29) is 25.0 Å². The number of para-hydroxylation sites is 2. The number of hydrogen-bond donors (Lipinski definition) is 1. The van der Waals surface area contributed by atoms with Crippen LogP contribution in [0.4, 0.5) is 11.5 Å². The normalized spacial score (nSPS) is 13.0. The molecule has 0 fully saturated rings. The van der Waals surface area contributed by atoms with Gasteiger partial charge in [-0.3, -0.25) is 14.5 Å². The van der Waals surface area contributed by atoms with Gasteiger partial charge in [0.2, 0.25) is 5.91 Å². The number of rotatable bonds is 6. The van der Waals surface area contributed by atoms with Gasteiger partial charge in [0.05, 0.1) is 12.3 Å². The summed E-state index contributed by atoms with van der Waals surface area (Å²) in [7, 11) is 0. The van der Waals surface area contributed by atoms with Gasteiger partial charge in [0, 0.05) is 6.20 Å². The Kier molecular flexibility index (Phi) is 5.13. The van der Waals surface area contributed by atoms with E-state index < -0.39 is 0 Å². The molecule has 2 heterocycles. The molecule has 0 spiro atoms.